The van der Waals surface area contributed by atoms with Crippen LogP contribution in [0, 0.1) is 16.0 Å². The Hall–Kier alpha value is -1.60. The Morgan fingerprint density at radius 2 is 1.93 bits per heavy atom. The first-order valence-corrected chi connectivity index (χ1v) is 11.3. The molecule has 1 unspecified atom stereocenters. The van der Waals surface area contributed by atoms with Gasteiger partial charge in [0.05, 0.1) is 28.4 Å². The number of nitro groups is 1. The lowest BCUT2D eigenvalue weighted by atomic mass is 10.0. The molecule has 6 nitrogen and oxygen atoms in total. The number of amidine groups is 1. The number of benzene rings is 1. The van der Waals surface area contributed by atoms with Crippen molar-refractivity contribution in [3.63, 3.8) is 0 Å². The van der Waals surface area contributed by atoms with Crippen LogP contribution in [0.4, 0.5) is 11.4 Å². The van der Waals surface area contributed by atoms with Gasteiger partial charge in [-0.25, -0.2) is 4.99 Å². The number of non-ortho nitro benzene ring substituents is 1. The monoisotopic (exact) mass is 421 g/mol. The van der Waals surface area contributed by atoms with E-state index in [0.29, 0.717) is 5.92 Å². The number of ether oxygens (including phenoxy) is 1. The molecule has 1 aliphatic heterocycles. The quantitative estimate of drug-likeness (QED) is 0.400. The van der Waals surface area contributed by atoms with E-state index in [1.807, 2.05) is 13.8 Å². The van der Waals surface area contributed by atoms with Gasteiger partial charge in [-0.2, -0.15) is 0 Å². The van der Waals surface area contributed by atoms with Crippen LogP contribution in [0.2, 0.25) is 0 Å². The Labute approximate surface area is 179 Å². The molecule has 1 aliphatic rings. The summed E-state index contributed by atoms with van der Waals surface area (Å²) in [7, 11) is 0. The van der Waals surface area contributed by atoms with Gasteiger partial charge in [-0.1, -0.05) is 39.5 Å². The van der Waals surface area contributed by atoms with Gasteiger partial charge >= 0.3 is 0 Å². The van der Waals surface area contributed by atoms with Gasteiger partial charge in [0.2, 0.25) is 0 Å². The maximum Gasteiger partial charge on any atom is 0.269 e. The van der Waals surface area contributed by atoms with Crippen LogP contribution in [0.1, 0.15) is 66.9 Å². The summed E-state index contributed by atoms with van der Waals surface area (Å²) >= 11 is 1.74. The van der Waals surface area contributed by atoms with Crippen molar-refractivity contribution >= 4 is 28.3 Å². The van der Waals surface area contributed by atoms with E-state index in [9.17, 15) is 10.1 Å². The zero-order valence-electron chi connectivity index (χ0n) is 18.9. The van der Waals surface area contributed by atoms with Gasteiger partial charge in [0.15, 0.2) is 5.17 Å². The molecule has 2 rings (SSSR count). The van der Waals surface area contributed by atoms with Crippen molar-refractivity contribution in [1.82, 2.24) is 4.90 Å². The molecule has 0 bridgehead atoms. The second kappa shape index (κ2) is 9.47. The van der Waals surface area contributed by atoms with Crippen molar-refractivity contribution in [2.75, 3.05) is 12.3 Å². The average molecular weight is 422 g/mol. The topological polar surface area (TPSA) is 68.0 Å². The standard InChI is InChI=1S/C22H35N3O3S/c1-14(2)12-24-20(16(5)28-22(6,7)8)13-29-21(24)23-19-10-9-17(25(26)27)11-18(19)15(3)4/h9-11,14-16,20H,12-13H2,1-8H3/t16?,20-/m1/s1. The van der Waals surface area contributed by atoms with E-state index >= 15 is 0 Å². The minimum Gasteiger partial charge on any atom is -0.371 e. The van der Waals surface area contributed by atoms with Gasteiger partial charge in [-0.3, -0.25) is 10.1 Å². The summed E-state index contributed by atoms with van der Waals surface area (Å²) in [5.41, 5.74) is 1.63. The van der Waals surface area contributed by atoms with Gasteiger partial charge in [0.25, 0.3) is 5.69 Å². The molecular weight excluding hydrogens is 386 g/mol. The number of rotatable bonds is 7. The fourth-order valence-corrected chi connectivity index (χ4v) is 4.84. The van der Waals surface area contributed by atoms with Crippen molar-refractivity contribution in [1.29, 1.82) is 0 Å². The lowest BCUT2D eigenvalue weighted by Crippen LogP contribution is -2.46. The number of hydrogen-bond donors (Lipinski definition) is 0. The minimum absolute atomic E-state index is 0.0791. The first kappa shape index (κ1) is 23.7. The Kier molecular flexibility index (Phi) is 7.74. The van der Waals surface area contributed by atoms with Crippen LogP contribution in [-0.4, -0.2) is 45.0 Å². The molecule has 0 aliphatic carbocycles. The summed E-state index contributed by atoms with van der Waals surface area (Å²) < 4.78 is 6.25. The van der Waals surface area contributed by atoms with Crippen LogP contribution >= 0.6 is 11.8 Å². The van der Waals surface area contributed by atoms with Crippen molar-refractivity contribution in [3.8, 4) is 0 Å². The summed E-state index contributed by atoms with van der Waals surface area (Å²) in [4.78, 5) is 18.2. The number of aliphatic imine (C=N–C) groups is 1. The van der Waals surface area contributed by atoms with Crippen molar-refractivity contribution in [3.05, 3.63) is 33.9 Å². The van der Waals surface area contributed by atoms with Crippen molar-refractivity contribution in [2.45, 2.75) is 79.1 Å². The molecule has 1 fully saturated rings. The van der Waals surface area contributed by atoms with E-state index in [1.165, 1.54) is 0 Å². The Morgan fingerprint density at radius 1 is 1.28 bits per heavy atom. The van der Waals surface area contributed by atoms with Gasteiger partial charge in [0.1, 0.15) is 0 Å². The molecule has 0 spiro atoms. The number of nitrogens with zero attached hydrogens (tertiary/aromatic N) is 3. The summed E-state index contributed by atoms with van der Waals surface area (Å²) in [6.45, 7) is 17.8. The predicted molar refractivity (Wildman–Crippen MR) is 122 cm³/mol. The summed E-state index contributed by atoms with van der Waals surface area (Å²) in [5.74, 6) is 1.56. The van der Waals surface area contributed by atoms with E-state index in [-0.39, 0.29) is 34.3 Å². The van der Waals surface area contributed by atoms with Gasteiger partial charge in [0, 0.05) is 24.4 Å². The third-order valence-electron chi connectivity index (χ3n) is 4.73. The third kappa shape index (κ3) is 6.44. The fraction of sp³-hybridized carbons (Fsp3) is 0.682. The lowest BCUT2D eigenvalue weighted by Gasteiger charge is -2.35. The highest BCUT2D eigenvalue weighted by molar-refractivity contribution is 8.14. The van der Waals surface area contributed by atoms with Crippen LogP contribution in [-0.2, 0) is 4.74 Å². The summed E-state index contributed by atoms with van der Waals surface area (Å²) in [6.07, 6.45) is 0.0791. The molecular formula is C22H35N3O3S. The first-order chi connectivity index (χ1) is 13.4. The highest BCUT2D eigenvalue weighted by Gasteiger charge is 2.36. The van der Waals surface area contributed by atoms with Gasteiger partial charge in [-0.05, 0) is 51.2 Å². The van der Waals surface area contributed by atoms with E-state index in [0.717, 1.165) is 28.7 Å². The molecule has 0 saturated carbocycles. The summed E-state index contributed by atoms with van der Waals surface area (Å²) in [5, 5.41) is 12.2. The Bertz CT molecular complexity index is 756. The molecule has 2 atom stereocenters. The molecule has 1 heterocycles. The average Bonchev–Trinajstić information content (AvgIpc) is 2.95. The second-order valence-electron chi connectivity index (χ2n) is 9.41. The molecule has 0 radical (unpaired) electrons. The van der Waals surface area contributed by atoms with Gasteiger partial charge in [-0.15, -0.1) is 0 Å². The molecule has 7 heteroatoms. The summed E-state index contributed by atoms with van der Waals surface area (Å²) in [6, 6.07) is 5.22. The highest BCUT2D eigenvalue weighted by Crippen LogP contribution is 2.35. The molecule has 1 aromatic rings. The zero-order valence-corrected chi connectivity index (χ0v) is 19.7. The molecule has 0 amide bonds. The van der Waals surface area contributed by atoms with Gasteiger partial charge < -0.3 is 9.64 Å². The van der Waals surface area contributed by atoms with Crippen LogP contribution in [0.3, 0.4) is 0 Å². The zero-order chi connectivity index (χ0) is 21.9. The molecule has 162 valence electrons. The van der Waals surface area contributed by atoms with E-state index < -0.39 is 0 Å². The van der Waals surface area contributed by atoms with Crippen LogP contribution < -0.4 is 0 Å². The highest BCUT2D eigenvalue weighted by atomic mass is 32.2. The van der Waals surface area contributed by atoms with Crippen LogP contribution in [0.25, 0.3) is 0 Å². The number of hydrogen-bond acceptors (Lipinski definition) is 5. The predicted octanol–water partition coefficient (Wildman–Crippen LogP) is 5.98. The van der Waals surface area contributed by atoms with Crippen LogP contribution in [0.5, 0.6) is 0 Å². The first-order valence-electron chi connectivity index (χ1n) is 10.3. The molecule has 0 N–H and O–H groups in total. The third-order valence-corrected chi connectivity index (χ3v) is 5.82. The maximum atomic E-state index is 11.2. The maximum absolute atomic E-state index is 11.2. The Morgan fingerprint density at radius 3 is 2.45 bits per heavy atom. The Balaban J connectivity index is 2.39. The normalized spacial score (nSPS) is 20.1. The smallest absolute Gasteiger partial charge is 0.269 e. The molecule has 0 aromatic heterocycles. The number of thioether (sulfide) groups is 1. The van der Waals surface area contributed by atoms with E-state index in [2.05, 4.69) is 46.4 Å². The van der Waals surface area contributed by atoms with Crippen molar-refractivity contribution in [2.24, 2.45) is 10.9 Å². The molecule has 29 heavy (non-hydrogen) atoms. The SMILES string of the molecule is CC(C)CN1C(=Nc2ccc([N+](=O)[O-])cc2C(C)C)SC[C@@H]1C(C)OC(C)(C)C. The molecule has 1 aromatic carbocycles. The van der Waals surface area contributed by atoms with E-state index in [4.69, 9.17) is 9.73 Å². The van der Waals surface area contributed by atoms with Crippen LogP contribution in [0.15, 0.2) is 23.2 Å². The minimum atomic E-state index is -0.347. The fourth-order valence-electron chi connectivity index (χ4n) is 3.53. The molecule has 1 saturated heterocycles. The second-order valence-corrected chi connectivity index (χ2v) is 10.4. The van der Waals surface area contributed by atoms with Crippen molar-refractivity contribution < 1.29 is 9.66 Å². The number of nitro benzene ring substituents is 1. The largest absolute Gasteiger partial charge is 0.371 e. The van der Waals surface area contributed by atoms with E-state index in [1.54, 1.807) is 30.0 Å². The lowest BCUT2D eigenvalue weighted by molar-refractivity contribution is -0.384.